The predicted octanol–water partition coefficient (Wildman–Crippen LogP) is 1.09. The average Bonchev–Trinajstić information content (AvgIpc) is 2.30. The second-order valence-corrected chi connectivity index (χ2v) is 6.89. The Morgan fingerprint density at radius 1 is 1.40 bits per heavy atom. The second-order valence-electron chi connectivity index (χ2n) is 4.83. The summed E-state index contributed by atoms with van der Waals surface area (Å²) in [6.07, 6.45) is -1.20. The van der Waals surface area contributed by atoms with Crippen LogP contribution in [0.3, 0.4) is 0 Å². The maximum atomic E-state index is 11.7. The summed E-state index contributed by atoms with van der Waals surface area (Å²) in [5.74, 6) is -2.03. The molecule has 1 amide bonds. The Bertz CT molecular complexity index is 489. The lowest BCUT2D eigenvalue weighted by Gasteiger charge is -2.22. The van der Waals surface area contributed by atoms with Crippen LogP contribution in [0.1, 0.15) is 36.8 Å². The molecule has 0 fully saturated rings. The van der Waals surface area contributed by atoms with Gasteiger partial charge in [0.2, 0.25) is 0 Å². The van der Waals surface area contributed by atoms with E-state index in [9.17, 15) is 18.0 Å². The van der Waals surface area contributed by atoms with Crippen LogP contribution in [-0.2, 0) is 23.8 Å². The molecular weight excluding hydrogens is 306 g/mol. The van der Waals surface area contributed by atoms with Gasteiger partial charge in [-0.25, -0.2) is 9.59 Å². The van der Waals surface area contributed by atoms with Crippen LogP contribution in [0.15, 0.2) is 0 Å². The van der Waals surface area contributed by atoms with Gasteiger partial charge in [0.15, 0.2) is 0 Å². The summed E-state index contributed by atoms with van der Waals surface area (Å²) in [5, 5.41) is 2.16. The number of hydrogen-bond acceptors (Lipinski definition) is 7. The van der Waals surface area contributed by atoms with Gasteiger partial charge in [0.1, 0.15) is 11.6 Å². The lowest BCUT2D eigenvalue weighted by Crippen LogP contribution is -2.46. The number of thiol groups is 1. The Morgan fingerprint density at radius 2 is 2.00 bits per heavy atom. The van der Waals surface area contributed by atoms with Gasteiger partial charge in [0.05, 0.1) is 5.75 Å². The molecule has 0 unspecified atom stereocenters. The van der Waals surface area contributed by atoms with E-state index in [0.717, 1.165) is 0 Å². The summed E-state index contributed by atoms with van der Waals surface area (Å²) in [6.45, 7) is 3.55. The normalized spacial score (nSPS) is 15.1. The third-order valence-corrected chi connectivity index (χ3v) is 3.25. The monoisotopic (exact) mass is 329 g/mol. The fourth-order valence-electron chi connectivity index (χ4n) is 0.998. The van der Waals surface area contributed by atoms with Gasteiger partial charge in [-0.3, -0.25) is 0 Å². The van der Waals surface area contributed by atoms with Crippen molar-refractivity contribution in [3.05, 3.63) is 0 Å². The van der Waals surface area contributed by atoms with Crippen molar-refractivity contribution in [3.63, 3.8) is 0 Å². The van der Waals surface area contributed by atoms with E-state index in [4.69, 9.17) is 7.48 Å². The Balaban J connectivity index is 4.63. The van der Waals surface area contributed by atoms with Gasteiger partial charge < -0.3 is 14.2 Å². The molecule has 0 saturated heterocycles. The molecule has 0 rings (SSSR count). The first-order valence-electron chi connectivity index (χ1n) is 6.92. The second kappa shape index (κ2) is 7.72. The third-order valence-electron chi connectivity index (χ3n) is 1.74. The van der Waals surface area contributed by atoms with Crippen LogP contribution in [0.25, 0.3) is 0 Å². The first kappa shape index (κ1) is 15.4. The molecular formula is C11H21NO6S2. The van der Waals surface area contributed by atoms with Crippen LogP contribution in [0.4, 0.5) is 4.79 Å². The number of nitrogens with one attached hydrogen (secondary N) is 1. The summed E-state index contributed by atoms with van der Waals surface area (Å²) in [7, 11) is -4.22. The molecule has 0 radical (unpaired) electrons. The molecule has 7 nitrogen and oxygen atoms in total. The zero-order chi connectivity index (χ0) is 17.6. The molecule has 0 bridgehead atoms. The quantitative estimate of drug-likeness (QED) is 0.559. The van der Waals surface area contributed by atoms with Crippen LogP contribution in [0.2, 0.25) is 0 Å². The Labute approximate surface area is 127 Å². The Kier molecular flexibility index (Phi) is 5.96. The zero-order valence-electron chi connectivity index (χ0n) is 13.6. The predicted molar refractivity (Wildman–Crippen MR) is 77.2 cm³/mol. The molecule has 0 heterocycles. The van der Waals surface area contributed by atoms with Crippen LogP contribution in [-0.4, -0.2) is 43.6 Å². The molecule has 0 aliphatic heterocycles. The summed E-state index contributed by atoms with van der Waals surface area (Å²) in [4.78, 5) is 23.3. The lowest BCUT2D eigenvalue weighted by atomic mass is 10.2. The van der Waals surface area contributed by atoms with E-state index in [-0.39, 0.29) is 12.2 Å². The minimum absolute atomic E-state index is 0.187. The Hall–Kier alpha value is -0.960. The van der Waals surface area contributed by atoms with Gasteiger partial charge >= 0.3 is 22.2 Å². The van der Waals surface area contributed by atoms with E-state index in [1.54, 1.807) is 20.8 Å². The van der Waals surface area contributed by atoms with E-state index in [0.29, 0.717) is 0 Å². The number of ether oxygens (including phenoxy) is 1. The van der Waals surface area contributed by atoms with Crippen LogP contribution in [0, 0.1) is 0 Å². The van der Waals surface area contributed by atoms with Crippen molar-refractivity contribution in [1.29, 1.82) is 0 Å². The highest BCUT2D eigenvalue weighted by Gasteiger charge is 2.27. The van der Waals surface area contributed by atoms with E-state index in [1.807, 2.05) is 0 Å². The largest absolute Gasteiger partial charge is 0.444 e. The molecule has 0 aliphatic rings. The molecule has 1 atom stereocenters. The zero-order valence-corrected chi connectivity index (χ0v) is 13.3. The van der Waals surface area contributed by atoms with Crippen molar-refractivity contribution in [1.82, 2.24) is 5.32 Å². The SMILES string of the molecule is [2H]C([2H])CCS(=O)(=O)OC(=O)[C@H](CS)NC(=O)OC(C)(C)C. The van der Waals surface area contributed by atoms with Gasteiger partial charge in [0, 0.05) is 8.49 Å². The van der Waals surface area contributed by atoms with Gasteiger partial charge in [-0.05, 0) is 27.2 Å². The third kappa shape index (κ3) is 8.26. The first-order chi connectivity index (χ1) is 9.86. The van der Waals surface area contributed by atoms with E-state index in [2.05, 4.69) is 22.1 Å². The summed E-state index contributed by atoms with van der Waals surface area (Å²) in [6, 6.07) is -1.30. The van der Waals surface area contributed by atoms with Crippen molar-refractivity contribution in [3.8, 4) is 0 Å². The number of rotatable bonds is 6. The molecule has 0 aromatic carbocycles. The van der Waals surface area contributed by atoms with E-state index in [1.165, 1.54) is 0 Å². The van der Waals surface area contributed by atoms with Crippen molar-refractivity contribution < 1.29 is 29.7 Å². The first-order valence-corrected chi connectivity index (χ1v) is 7.98. The molecule has 20 heavy (non-hydrogen) atoms. The van der Waals surface area contributed by atoms with E-state index >= 15 is 0 Å². The summed E-state index contributed by atoms with van der Waals surface area (Å²) >= 11 is 3.85. The average molecular weight is 329 g/mol. The minimum Gasteiger partial charge on any atom is -0.444 e. The Morgan fingerprint density at radius 3 is 2.45 bits per heavy atom. The maximum Gasteiger partial charge on any atom is 0.408 e. The minimum atomic E-state index is -4.22. The molecule has 0 spiro atoms. The topological polar surface area (TPSA) is 98.8 Å². The number of amides is 1. The van der Waals surface area contributed by atoms with Crippen LogP contribution < -0.4 is 5.32 Å². The number of hydrogen-bond donors (Lipinski definition) is 2. The fourth-order valence-corrected chi connectivity index (χ4v) is 1.98. The van der Waals surface area contributed by atoms with Crippen molar-refractivity contribution >= 4 is 34.8 Å². The van der Waals surface area contributed by atoms with E-state index < -0.39 is 46.5 Å². The highest BCUT2D eigenvalue weighted by Crippen LogP contribution is 2.08. The molecule has 0 aromatic rings. The van der Waals surface area contributed by atoms with Gasteiger partial charge in [-0.2, -0.15) is 21.0 Å². The summed E-state index contributed by atoms with van der Waals surface area (Å²) in [5.41, 5.74) is -0.779. The van der Waals surface area contributed by atoms with Gasteiger partial charge in [-0.1, -0.05) is 6.88 Å². The molecule has 0 aromatic heterocycles. The molecule has 118 valence electrons. The van der Waals surface area contributed by atoms with Crippen molar-refractivity contribution in [2.75, 3.05) is 11.5 Å². The molecule has 0 aliphatic carbocycles. The summed E-state index contributed by atoms with van der Waals surface area (Å²) < 4.78 is 46.1. The molecule has 9 heteroatoms. The van der Waals surface area contributed by atoms with Crippen molar-refractivity contribution in [2.24, 2.45) is 0 Å². The standard InChI is InChI=1S/C11H21NO6S2/c1-5-6-20(15,16)18-9(13)8(7-19)12-10(14)17-11(2,3)4/h8,19H,5-7H2,1-4H3,(H,12,14)/t8-/m0/s1/i1D2. The van der Waals surface area contributed by atoms with Crippen LogP contribution >= 0.6 is 12.6 Å². The van der Waals surface area contributed by atoms with Gasteiger partial charge in [0.25, 0.3) is 0 Å². The number of carbonyl (C=O) groups is 2. The highest BCUT2D eigenvalue weighted by molar-refractivity contribution is 7.87. The smallest absolute Gasteiger partial charge is 0.408 e. The van der Waals surface area contributed by atoms with Gasteiger partial charge in [-0.15, -0.1) is 0 Å². The fraction of sp³-hybridized carbons (Fsp3) is 0.818. The van der Waals surface area contributed by atoms with Crippen molar-refractivity contribution in [2.45, 2.75) is 45.7 Å². The molecule has 0 saturated carbocycles. The molecule has 1 N–H and O–H groups in total. The maximum absolute atomic E-state index is 11.7. The number of carbonyl (C=O) groups excluding carboxylic acids is 2. The van der Waals surface area contributed by atoms with Crippen LogP contribution in [0.5, 0.6) is 0 Å². The highest BCUT2D eigenvalue weighted by atomic mass is 32.2. The lowest BCUT2D eigenvalue weighted by molar-refractivity contribution is -0.135. The number of alkyl carbamates (subject to hydrolysis) is 1.